The molecule has 0 aliphatic heterocycles. The molecule has 0 atom stereocenters. The first kappa shape index (κ1) is 14.8. The van der Waals surface area contributed by atoms with Crippen molar-refractivity contribution in [3.63, 3.8) is 0 Å². The fourth-order valence-corrected chi connectivity index (χ4v) is 2.56. The number of carbonyl (C=O) groups is 1. The maximum atomic E-state index is 13.5. The number of hydrogen-bond acceptors (Lipinski definition) is 4. The standard InChI is InChI=1S/C15H20FNO3/c1-19-12-6-3-10(4-7-12)17-11-5-8-14(16)13(9-11)15(18)20-2/h5,8-10,12,17H,3-4,6-7H2,1-2H3. The van der Waals surface area contributed by atoms with E-state index in [9.17, 15) is 9.18 Å². The highest BCUT2D eigenvalue weighted by Crippen LogP contribution is 2.24. The van der Waals surface area contributed by atoms with Gasteiger partial charge in [-0.15, -0.1) is 0 Å². The van der Waals surface area contributed by atoms with E-state index >= 15 is 0 Å². The van der Waals surface area contributed by atoms with Crippen LogP contribution in [0.4, 0.5) is 10.1 Å². The van der Waals surface area contributed by atoms with Gasteiger partial charge in [0.1, 0.15) is 5.82 Å². The molecule has 110 valence electrons. The SMILES string of the molecule is COC(=O)c1cc(NC2CCC(OC)CC2)ccc1F. The molecule has 5 heteroatoms. The second-order valence-corrected chi connectivity index (χ2v) is 5.04. The Morgan fingerprint density at radius 1 is 1.25 bits per heavy atom. The highest BCUT2D eigenvalue weighted by molar-refractivity contribution is 5.90. The van der Waals surface area contributed by atoms with Gasteiger partial charge in [-0.25, -0.2) is 9.18 Å². The van der Waals surface area contributed by atoms with E-state index in [0.29, 0.717) is 12.1 Å². The molecule has 0 aromatic heterocycles. The van der Waals surface area contributed by atoms with Crippen molar-refractivity contribution >= 4 is 11.7 Å². The van der Waals surface area contributed by atoms with E-state index in [4.69, 9.17) is 4.74 Å². The molecule has 1 saturated carbocycles. The van der Waals surface area contributed by atoms with E-state index < -0.39 is 11.8 Å². The largest absolute Gasteiger partial charge is 0.465 e. The Labute approximate surface area is 118 Å². The second-order valence-electron chi connectivity index (χ2n) is 5.04. The van der Waals surface area contributed by atoms with Crippen LogP contribution >= 0.6 is 0 Å². The molecule has 0 radical (unpaired) electrons. The topological polar surface area (TPSA) is 47.6 Å². The molecule has 20 heavy (non-hydrogen) atoms. The summed E-state index contributed by atoms with van der Waals surface area (Å²) in [6.07, 6.45) is 4.37. The summed E-state index contributed by atoms with van der Waals surface area (Å²) in [6.45, 7) is 0. The number of carbonyl (C=O) groups excluding carboxylic acids is 1. The lowest BCUT2D eigenvalue weighted by molar-refractivity contribution is 0.0595. The van der Waals surface area contributed by atoms with Gasteiger partial charge >= 0.3 is 5.97 Å². The van der Waals surface area contributed by atoms with Crippen LogP contribution < -0.4 is 5.32 Å². The molecular weight excluding hydrogens is 261 g/mol. The van der Waals surface area contributed by atoms with Crippen molar-refractivity contribution in [2.24, 2.45) is 0 Å². The smallest absolute Gasteiger partial charge is 0.340 e. The first-order chi connectivity index (χ1) is 9.63. The lowest BCUT2D eigenvalue weighted by Crippen LogP contribution is -2.29. The number of halogens is 1. The zero-order chi connectivity index (χ0) is 14.5. The molecule has 0 bridgehead atoms. The third-order valence-corrected chi connectivity index (χ3v) is 3.75. The maximum absolute atomic E-state index is 13.5. The summed E-state index contributed by atoms with van der Waals surface area (Å²) in [4.78, 5) is 11.5. The van der Waals surface area contributed by atoms with Crippen LogP contribution in [0.2, 0.25) is 0 Å². The van der Waals surface area contributed by atoms with Crippen molar-refractivity contribution < 1.29 is 18.7 Å². The van der Waals surface area contributed by atoms with Crippen LogP contribution in [0, 0.1) is 5.82 Å². The lowest BCUT2D eigenvalue weighted by atomic mass is 9.93. The molecule has 1 fully saturated rings. The molecule has 0 saturated heterocycles. The Kier molecular flexibility index (Phi) is 4.95. The fraction of sp³-hybridized carbons (Fsp3) is 0.533. The summed E-state index contributed by atoms with van der Waals surface area (Å²) in [6, 6.07) is 4.76. The lowest BCUT2D eigenvalue weighted by Gasteiger charge is -2.29. The highest BCUT2D eigenvalue weighted by Gasteiger charge is 2.21. The number of methoxy groups -OCH3 is 2. The molecule has 1 aromatic rings. The average molecular weight is 281 g/mol. The first-order valence-corrected chi connectivity index (χ1v) is 6.81. The van der Waals surface area contributed by atoms with Crippen molar-refractivity contribution in [2.45, 2.75) is 37.8 Å². The zero-order valence-electron chi connectivity index (χ0n) is 11.8. The number of rotatable bonds is 4. The molecular formula is C15H20FNO3. The minimum atomic E-state index is -0.658. The summed E-state index contributed by atoms with van der Waals surface area (Å²) in [5.74, 6) is -1.22. The number of anilines is 1. The third-order valence-electron chi connectivity index (χ3n) is 3.75. The van der Waals surface area contributed by atoms with Crippen LogP contribution in [0.25, 0.3) is 0 Å². The fourth-order valence-electron chi connectivity index (χ4n) is 2.56. The van der Waals surface area contributed by atoms with Crippen LogP contribution in [0.3, 0.4) is 0 Å². The number of esters is 1. The van der Waals surface area contributed by atoms with Crippen LogP contribution in [-0.2, 0) is 9.47 Å². The van der Waals surface area contributed by atoms with Gasteiger partial charge in [-0.3, -0.25) is 0 Å². The molecule has 1 N–H and O–H groups in total. The van der Waals surface area contributed by atoms with Crippen molar-refractivity contribution in [2.75, 3.05) is 19.5 Å². The van der Waals surface area contributed by atoms with Gasteiger partial charge in [0.15, 0.2) is 0 Å². The Balaban J connectivity index is 2.01. The van der Waals surface area contributed by atoms with Gasteiger partial charge in [0, 0.05) is 18.8 Å². The van der Waals surface area contributed by atoms with Gasteiger partial charge < -0.3 is 14.8 Å². The van der Waals surface area contributed by atoms with Crippen LogP contribution in [0.1, 0.15) is 36.0 Å². The van der Waals surface area contributed by atoms with Gasteiger partial charge in [0.2, 0.25) is 0 Å². The first-order valence-electron chi connectivity index (χ1n) is 6.81. The van der Waals surface area contributed by atoms with Gasteiger partial charge in [0.25, 0.3) is 0 Å². The van der Waals surface area contributed by atoms with Crippen LogP contribution in [-0.4, -0.2) is 32.3 Å². The van der Waals surface area contributed by atoms with E-state index in [2.05, 4.69) is 10.1 Å². The molecule has 1 aliphatic rings. The van der Waals surface area contributed by atoms with Crippen molar-refractivity contribution in [3.8, 4) is 0 Å². The zero-order valence-corrected chi connectivity index (χ0v) is 11.8. The minimum Gasteiger partial charge on any atom is -0.465 e. The predicted molar refractivity (Wildman–Crippen MR) is 74.4 cm³/mol. The summed E-state index contributed by atoms with van der Waals surface area (Å²) in [7, 11) is 2.98. The summed E-state index contributed by atoms with van der Waals surface area (Å²) in [5.41, 5.74) is 0.704. The minimum absolute atomic E-state index is 0.0388. The van der Waals surface area contributed by atoms with E-state index in [1.54, 1.807) is 13.2 Å². The van der Waals surface area contributed by atoms with E-state index in [-0.39, 0.29) is 5.56 Å². The monoisotopic (exact) mass is 281 g/mol. The Morgan fingerprint density at radius 2 is 1.95 bits per heavy atom. The molecule has 1 aromatic carbocycles. The highest BCUT2D eigenvalue weighted by atomic mass is 19.1. The van der Waals surface area contributed by atoms with Gasteiger partial charge in [0.05, 0.1) is 18.8 Å². The maximum Gasteiger partial charge on any atom is 0.340 e. The molecule has 0 amide bonds. The summed E-state index contributed by atoms with van der Waals surface area (Å²) >= 11 is 0. The molecule has 2 rings (SSSR count). The van der Waals surface area contributed by atoms with E-state index in [1.165, 1.54) is 19.2 Å². The number of nitrogens with one attached hydrogen (secondary N) is 1. The summed E-state index contributed by atoms with van der Waals surface area (Å²) in [5, 5.41) is 3.34. The molecule has 4 nitrogen and oxygen atoms in total. The van der Waals surface area contributed by atoms with E-state index in [0.717, 1.165) is 31.4 Å². The van der Waals surface area contributed by atoms with Gasteiger partial charge in [-0.05, 0) is 43.9 Å². The molecule has 0 spiro atoms. The number of hydrogen-bond donors (Lipinski definition) is 1. The van der Waals surface area contributed by atoms with E-state index in [1.807, 2.05) is 0 Å². The summed E-state index contributed by atoms with van der Waals surface area (Å²) < 4.78 is 23.4. The van der Waals surface area contributed by atoms with Gasteiger partial charge in [-0.2, -0.15) is 0 Å². The quantitative estimate of drug-likeness (QED) is 0.862. The third kappa shape index (κ3) is 3.48. The Morgan fingerprint density at radius 3 is 2.55 bits per heavy atom. The molecule has 0 heterocycles. The molecule has 0 unspecified atom stereocenters. The van der Waals surface area contributed by atoms with Crippen molar-refractivity contribution in [3.05, 3.63) is 29.6 Å². The number of ether oxygens (including phenoxy) is 2. The van der Waals surface area contributed by atoms with Crippen LogP contribution in [0.5, 0.6) is 0 Å². The molecule has 1 aliphatic carbocycles. The second kappa shape index (κ2) is 6.70. The Bertz CT molecular complexity index is 470. The van der Waals surface area contributed by atoms with Gasteiger partial charge in [-0.1, -0.05) is 0 Å². The Hall–Kier alpha value is -1.62. The van der Waals surface area contributed by atoms with Crippen molar-refractivity contribution in [1.29, 1.82) is 0 Å². The van der Waals surface area contributed by atoms with Crippen LogP contribution in [0.15, 0.2) is 18.2 Å². The normalized spacial score (nSPS) is 22.4. The average Bonchev–Trinajstić information content (AvgIpc) is 2.49. The number of benzene rings is 1. The predicted octanol–water partition coefficient (Wildman–Crippen LogP) is 2.98. The van der Waals surface area contributed by atoms with Crippen molar-refractivity contribution in [1.82, 2.24) is 0 Å².